The fourth-order valence-corrected chi connectivity index (χ4v) is 5.60. The number of hydrogen-bond acceptors (Lipinski definition) is 4. The number of benzene rings is 1. The third-order valence-corrected chi connectivity index (χ3v) is 7.53. The van der Waals surface area contributed by atoms with Crippen LogP contribution >= 0.6 is 35.7 Å². The van der Waals surface area contributed by atoms with Crippen molar-refractivity contribution in [2.45, 2.75) is 50.3 Å². The number of hydrogen-bond donors (Lipinski definition) is 1. The molecule has 2 aliphatic rings. The molecule has 1 aromatic rings. The van der Waals surface area contributed by atoms with Gasteiger partial charge in [0.25, 0.3) is 0 Å². The van der Waals surface area contributed by atoms with Crippen molar-refractivity contribution in [3.63, 3.8) is 0 Å². The van der Waals surface area contributed by atoms with Crippen LogP contribution in [0.25, 0.3) is 0 Å². The molecule has 2 heterocycles. The first-order valence-electron chi connectivity index (χ1n) is 11.1. The maximum absolute atomic E-state index is 5.60. The van der Waals surface area contributed by atoms with E-state index in [-0.39, 0.29) is 28.7 Å². The minimum absolute atomic E-state index is 0. The lowest BCUT2D eigenvalue weighted by Gasteiger charge is -2.37. The third kappa shape index (κ3) is 7.19. The van der Waals surface area contributed by atoms with Crippen molar-refractivity contribution < 1.29 is 4.74 Å². The highest BCUT2D eigenvalue weighted by Crippen LogP contribution is 2.34. The molecule has 0 unspecified atom stereocenters. The quantitative estimate of drug-likeness (QED) is 0.308. The fraction of sp³-hybridized carbons (Fsp3) is 0.696. The Labute approximate surface area is 204 Å². The molecule has 30 heavy (non-hydrogen) atoms. The zero-order valence-electron chi connectivity index (χ0n) is 18.9. The third-order valence-electron chi connectivity index (χ3n) is 6.07. The molecule has 1 N–H and O–H groups in total. The van der Waals surface area contributed by atoms with E-state index in [1.54, 1.807) is 0 Å². The predicted octanol–water partition coefficient (Wildman–Crippen LogP) is 4.60. The van der Waals surface area contributed by atoms with Gasteiger partial charge in [-0.05, 0) is 55.6 Å². The van der Waals surface area contributed by atoms with Crippen molar-refractivity contribution in [2.75, 3.05) is 57.6 Å². The highest BCUT2D eigenvalue weighted by atomic mass is 127. The van der Waals surface area contributed by atoms with Gasteiger partial charge < -0.3 is 19.9 Å². The van der Waals surface area contributed by atoms with Crippen LogP contribution in [-0.2, 0) is 11.3 Å². The molecule has 1 aromatic carbocycles. The maximum Gasteiger partial charge on any atom is 0.193 e. The van der Waals surface area contributed by atoms with E-state index < -0.39 is 0 Å². The molecule has 0 aromatic heterocycles. The normalized spacial score (nSPS) is 19.2. The minimum Gasteiger partial charge on any atom is -0.381 e. The van der Waals surface area contributed by atoms with Gasteiger partial charge >= 0.3 is 0 Å². The van der Waals surface area contributed by atoms with E-state index in [1.807, 2.05) is 7.05 Å². The molecular weight excluding hydrogens is 507 g/mol. The van der Waals surface area contributed by atoms with E-state index in [4.69, 9.17) is 4.74 Å². The lowest BCUT2D eigenvalue weighted by atomic mass is 9.99. The Morgan fingerprint density at radius 2 is 1.83 bits per heavy atom. The number of nitrogens with zero attached hydrogens (tertiary/aromatic N) is 3. The number of anilines is 1. The molecule has 0 saturated carbocycles. The summed E-state index contributed by atoms with van der Waals surface area (Å²) < 4.78 is 5.86. The lowest BCUT2D eigenvalue weighted by Crippen LogP contribution is -2.48. The van der Waals surface area contributed by atoms with Gasteiger partial charge in [0, 0.05) is 63.9 Å². The number of nitrogens with one attached hydrogen (secondary N) is 1. The molecule has 170 valence electrons. The molecule has 5 nitrogen and oxygen atoms in total. The smallest absolute Gasteiger partial charge is 0.193 e. The molecular formula is C23H39IN4OS. The monoisotopic (exact) mass is 546 g/mol. The molecule has 3 rings (SSSR count). The van der Waals surface area contributed by atoms with Gasteiger partial charge in [0.15, 0.2) is 5.96 Å². The summed E-state index contributed by atoms with van der Waals surface area (Å²) in [5.74, 6) is 2.10. The van der Waals surface area contributed by atoms with Crippen molar-refractivity contribution in [1.29, 1.82) is 0 Å². The second-order valence-corrected chi connectivity index (χ2v) is 9.93. The largest absolute Gasteiger partial charge is 0.381 e. The zero-order valence-corrected chi connectivity index (χ0v) is 22.0. The SMILES string of the molecule is CCSC1(CNC(=NC)N(C)Cc2ccc(N3CCCCC3)cc2)CCOCC1.I. The van der Waals surface area contributed by atoms with Crippen LogP contribution in [0, 0.1) is 0 Å². The summed E-state index contributed by atoms with van der Waals surface area (Å²) in [6.07, 6.45) is 6.22. The van der Waals surface area contributed by atoms with Crippen LogP contribution in [0.1, 0.15) is 44.6 Å². The Morgan fingerprint density at radius 1 is 1.17 bits per heavy atom. The summed E-state index contributed by atoms with van der Waals surface area (Å²) in [5, 5.41) is 3.64. The summed E-state index contributed by atoms with van der Waals surface area (Å²) in [6.45, 7) is 8.17. The fourth-order valence-electron chi connectivity index (χ4n) is 4.36. The summed E-state index contributed by atoms with van der Waals surface area (Å²) in [5.41, 5.74) is 2.68. The Bertz CT molecular complexity index is 638. The van der Waals surface area contributed by atoms with Gasteiger partial charge in [-0.1, -0.05) is 19.1 Å². The molecule has 2 saturated heterocycles. The van der Waals surface area contributed by atoms with Gasteiger partial charge in [-0.15, -0.1) is 24.0 Å². The molecule has 2 fully saturated rings. The van der Waals surface area contributed by atoms with E-state index in [2.05, 4.69) is 70.1 Å². The Kier molecular flexibility index (Phi) is 11.1. The first-order valence-corrected chi connectivity index (χ1v) is 12.1. The topological polar surface area (TPSA) is 40.1 Å². The van der Waals surface area contributed by atoms with E-state index in [1.165, 1.54) is 43.6 Å². The number of aliphatic imine (C=N–C) groups is 1. The standard InChI is InChI=1S/C23H38N4OS.HI/c1-4-29-23(12-16-28-17-13-23)19-25-22(24-2)26(3)18-20-8-10-21(11-9-20)27-14-6-5-7-15-27;/h8-11H,4-7,12-19H2,1-3H3,(H,24,25);1H. The second-order valence-electron chi connectivity index (χ2n) is 8.20. The van der Waals surface area contributed by atoms with Crippen LogP contribution in [0.3, 0.4) is 0 Å². The van der Waals surface area contributed by atoms with E-state index in [9.17, 15) is 0 Å². The van der Waals surface area contributed by atoms with Crippen molar-refractivity contribution in [3.8, 4) is 0 Å². The van der Waals surface area contributed by atoms with Crippen LogP contribution in [0.2, 0.25) is 0 Å². The van der Waals surface area contributed by atoms with Crippen molar-refractivity contribution in [1.82, 2.24) is 10.2 Å². The number of halogens is 1. The average Bonchev–Trinajstić information content (AvgIpc) is 2.76. The van der Waals surface area contributed by atoms with E-state index >= 15 is 0 Å². The predicted molar refractivity (Wildman–Crippen MR) is 142 cm³/mol. The highest BCUT2D eigenvalue weighted by molar-refractivity contribution is 14.0. The van der Waals surface area contributed by atoms with E-state index in [0.29, 0.717) is 0 Å². The van der Waals surface area contributed by atoms with Crippen molar-refractivity contribution in [2.24, 2.45) is 4.99 Å². The minimum atomic E-state index is 0. The van der Waals surface area contributed by atoms with Crippen LogP contribution < -0.4 is 10.2 Å². The first kappa shape index (κ1) is 25.6. The van der Waals surface area contributed by atoms with Crippen LogP contribution in [-0.4, -0.2) is 68.3 Å². The van der Waals surface area contributed by atoms with Gasteiger partial charge in [0.1, 0.15) is 0 Å². The Morgan fingerprint density at radius 3 is 2.43 bits per heavy atom. The molecule has 0 spiro atoms. The summed E-state index contributed by atoms with van der Waals surface area (Å²) in [4.78, 5) is 9.27. The van der Waals surface area contributed by atoms with Crippen molar-refractivity contribution in [3.05, 3.63) is 29.8 Å². The molecule has 0 aliphatic carbocycles. The number of guanidine groups is 1. The Hall–Kier alpha value is -0.670. The zero-order chi connectivity index (χ0) is 20.5. The van der Waals surface area contributed by atoms with E-state index in [0.717, 1.165) is 50.9 Å². The maximum atomic E-state index is 5.60. The van der Waals surface area contributed by atoms with Gasteiger partial charge in [-0.25, -0.2) is 0 Å². The number of thioether (sulfide) groups is 1. The molecule has 0 radical (unpaired) electrons. The molecule has 0 atom stereocenters. The highest BCUT2D eigenvalue weighted by Gasteiger charge is 2.33. The summed E-state index contributed by atoms with van der Waals surface area (Å²) >= 11 is 2.06. The molecule has 0 amide bonds. The number of rotatable bonds is 7. The Balaban J connectivity index is 0.00000320. The molecule has 2 aliphatic heterocycles. The van der Waals surface area contributed by atoms with Crippen LogP contribution in [0.15, 0.2) is 29.3 Å². The van der Waals surface area contributed by atoms with Gasteiger partial charge in [0.2, 0.25) is 0 Å². The van der Waals surface area contributed by atoms with Gasteiger partial charge in [-0.2, -0.15) is 11.8 Å². The number of ether oxygens (including phenoxy) is 1. The summed E-state index contributed by atoms with van der Waals surface area (Å²) in [6, 6.07) is 9.08. The van der Waals surface area contributed by atoms with Gasteiger partial charge in [-0.3, -0.25) is 4.99 Å². The van der Waals surface area contributed by atoms with Crippen molar-refractivity contribution >= 4 is 47.4 Å². The lowest BCUT2D eigenvalue weighted by molar-refractivity contribution is 0.0780. The van der Waals surface area contributed by atoms with Crippen LogP contribution in [0.5, 0.6) is 0 Å². The molecule has 7 heteroatoms. The molecule has 0 bridgehead atoms. The first-order chi connectivity index (χ1) is 14.2. The summed E-state index contributed by atoms with van der Waals surface area (Å²) in [7, 11) is 4.00. The van der Waals surface area contributed by atoms with Crippen LogP contribution in [0.4, 0.5) is 5.69 Å². The average molecular weight is 547 g/mol. The number of piperidine rings is 1. The second kappa shape index (κ2) is 13.0. The van der Waals surface area contributed by atoms with Gasteiger partial charge in [0.05, 0.1) is 0 Å².